The lowest BCUT2D eigenvalue weighted by Crippen LogP contribution is -2.24. The van der Waals surface area contributed by atoms with E-state index in [2.05, 4.69) is 0 Å². The van der Waals surface area contributed by atoms with E-state index in [1.54, 1.807) is 0 Å². The predicted molar refractivity (Wildman–Crippen MR) is 71.1 cm³/mol. The maximum Gasteiger partial charge on any atom is 0.142 e. The quantitative estimate of drug-likeness (QED) is 0.656. The van der Waals surface area contributed by atoms with Crippen LogP contribution in [0.1, 0.15) is 11.1 Å². The SMILES string of the molecule is O=CC=CC(O)(c1ccccc1)c1ccccc1. The first-order valence-electron chi connectivity index (χ1n) is 5.74. The molecule has 0 heterocycles. The monoisotopic (exact) mass is 238 g/mol. The minimum atomic E-state index is -1.27. The first kappa shape index (κ1) is 12.3. The average molecular weight is 238 g/mol. The third-order valence-corrected chi connectivity index (χ3v) is 2.84. The van der Waals surface area contributed by atoms with Crippen LogP contribution in [0.15, 0.2) is 72.8 Å². The van der Waals surface area contributed by atoms with Gasteiger partial charge in [-0.15, -0.1) is 0 Å². The molecule has 0 aliphatic carbocycles. The zero-order chi connectivity index (χ0) is 12.8. The molecule has 0 spiro atoms. The number of allylic oxidation sites excluding steroid dienone is 1. The van der Waals surface area contributed by atoms with Gasteiger partial charge in [0.05, 0.1) is 0 Å². The van der Waals surface area contributed by atoms with Gasteiger partial charge in [0.15, 0.2) is 0 Å². The molecule has 0 bridgehead atoms. The number of aldehydes is 1. The van der Waals surface area contributed by atoms with Crippen molar-refractivity contribution in [1.29, 1.82) is 0 Å². The fourth-order valence-electron chi connectivity index (χ4n) is 1.92. The fourth-order valence-corrected chi connectivity index (χ4v) is 1.92. The lowest BCUT2D eigenvalue weighted by atomic mass is 9.86. The van der Waals surface area contributed by atoms with Crippen molar-refractivity contribution in [3.63, 3.8) is 0 Å². The van der Waals surface area contributed by atoms with Gasteiger partial charge in [0.25, 0.3) is 0 Å². The van der Waals surface area contributed by atoms with Crippen LogP contribution in [0.4, 0.5) is 0 Å². The molecule has 2 nitrogen and oxygen atoms in total. The zero-order valence-electron chi connectivity index (χ0n) is 9.86. The van der Waals surface area contributed by atoms with Gasteiger partial charge in [-0.25, -0.2) is 0 Å². The van der Waals surface area contributed by atoms with E-state index in [9.17, 15) is 9.90 Å². The van der Waals surface area contributed by atoms with E-state index in [-0.39, 0.29) is 0 Å². The highest BCUT2D eigenvalue weighted by Gasteiger charge is 2.27. The molecule has 90 valence electrons. The van der Waals surface area contributed by atoms with Crippen LogP contribution in [0.3, 0.4) is 0 Å². The number of carbonyl (C=O) groups excluding carboxylic acids is 1. The van der Waals surface area contributed by atoms with Crippen molar-refractivity contribution in [3.05, 3.63) is 83.9 Å². The number of hydrogen-bond donors (Lipinski definition) is 1. The molecule has 0 fully saturated rings. The molecule has 0 amide bonds. The lowest BCUT2D eigenvalue weighted by Gasteiger charge is -2.25. The average Bonchev–Trinajstić information content (AvgIpc) is 2.46. The second-order valence-electron chi connectivity index (χ2n) is 3.99. The minimum Gasteiger partial charge on any atom is -0.377 e. The third kappa shape index (κ3) is 2.39. The maximum absolute atomic E-state index is 10.8. The number of rotatable bonds is 4. The fraction of sp³-hybridized carbons (Fsp3) is 0.0625. The van der Waals surface area contributed by atoms with Gasteiger partial charge in [-0.05, 0) is 23.3 Å². The van der Waals surface area contributed by atoms with E-state index in [1.165, 1.54) is 12.2 Å². The zero-order valence-corrected chi connectivity index (χ0v) is 9.86. The summed E-state index contributed by atoms with van der Waals surface area (Å²) in [6.45, 7) is 0. The van der Waals surface area contributed by atoms with Crippen LogP contribution in [0.25, 0.3) is 0 Å². The maximum atomic E-state index is 10.8. The van der Waals surface area contributed by atoms with Gasteiger partial charge in [-0.1, -0.05) is 60.7 Å². The van der Waals surface area contributed by atoms with Crippen LogP contribution in [0.2, 0.25) is 0 Å². The summed E-state index contributed by atoms with van der Waals surface area (Å²) in [5, 5.41) is 10.8. The van der Waals surface area contributed by atoms with Crippen molar-refractivity contribution < 1.29 is 9.90 Å². The summed E-state index contributed by atoms with van der Waals surface area (Å²) in [4.78, 5) is 10.5. The van der Waals surface area contributed by atoms with Crippen molar-refractivity contribution in [3.8, 4) is 0 Å². The van der Waals surface area contributed by atoms with Gasteiger partial charge in [-0.2, -0.15) is 0 Å². The Hall–Kier alpha value is -2.19. The molecule has 1 N–H and O–H groups in total. The molecule has 0 aromatic heterocycles. The molecule has 2 aromatic carbocycles. The molecule has 0 saturated carbocycles. The lowest BCUT2D eigenvalue weighted by molar-refractivity contribution is -0.104. The standard InChI is InChI=1S/C16H14O2/c17-13-7-12-16(18,14-8-3-1-4-9-14)15-10-5-2-6-11-15/h1-13,18H. The van der Waals surface area contributed by atoms with Gasteiger partial charge >= 0.3 is 0 Å². The van der Waals surface area contributed by atoms with Crippen molar-refractivity contribution in [2.75, 3.05) is 0 Å². The Labute approximate surface area is 106 Å². The molecular weight excluding hydrogens is 224 g/mol. The second-order valence-corrected chi connectivity index (χ2v) is 3.99. The molecule has 0 aliphatic heterocycles. The van der Waals surface area contributed by atoms with E-state index in [0.29, 0.717) is 6.29 Å². The molecule has 0 atom stereocenters. The largest absolute Gasteiger partial charge is 0.377 e. The van der Waals surface area contributed by atoms with Crippen LogP contribution >= 0.6 is 0 Å². The first-order valence-corrected chi connectivity index (χ1v) is 5.74. The molecule has 0 unspecified atom stereocenters. The van der Waals surface area contributed by atoms with Crippen LogP contribution < -0.4 is 0 Å². The van der Waals surface area contributed by atoms with E-state index in [4.69, 9.17) is 0 Å². The molecule has 0 aliphatic rings. The van der Waals surface area contributed by atoms with E-state index >= 15 is 0 Å². The van der Waals surface area contributed by atoms with Crippen molar-refractivity contribution >= 4 is 6.29 Å². The Morgan fingerprint density at radius 2 is 1.28 bits per heavy atom. The molecule has 0 radical (unpaired) electrons. The van der Waals surface area contributed by atoms with Crippen molar-refractivity contribution in [2.45, 2.75) is 5.60 Å². The van der Waals surface area contributed by atoms with Gasteiger partial charge in [0, 0.05) is 0 Å². The summed E-state index contributed by atoms with van der Waals surface area (Å²) in [6.07, 6.45) is 3.49. The van der Waals surface area contributed by atoms with E-state index in [1.807, 2.05) is 60.7 Å². The van der Waals surface area contributed by atoms with E-state index in [0.717, 1.165) is 11.1 Å². The predicted octanol–water partition coefficient (Wildman–Crippen LogP) is 2.68. The van der Waals surface area contributed by atoms with Crippen molar-refractivity contribution in [2.24, 2.45) is 0 Å². The van der Waals surface area contributed by atoms with Gasteiger partial charge < -0.3 is 5.11 Å². The highest BCUT2D eigenvalue weighted by Crippen LogP contribution is 2.30. The Morgan fingerprint density at radius 1 is 0.833 bits per heavy atom. The summed E-state index contributed by atoms with van der Waals surface area (Å²) in [5.74, 6) is 0. The summed E-state index contributed by atoms with van der Waals surface area (Å²) >= 11 is 0. The van der Waals surface area contributed by atoms with Crippen LogP contribution in [-0.4, -0.2) is 11.4 Å². The number of hydrogen-bond acceptors (Lipinski definition) is 2. The topological polar surface area (TPSA) is 37.3 Å². The minimum absolute atomic E-state index is 0.664. The number of aliphatic hydroxyl groups is 1. The van der Waals surface area contributed by atoms with Crippen LogP contribution in [0.5, 0.6) is 0 Å². The molecular formula is C16H14O2. The number of benzene rings is 2. The molecule has 2 heteroatoms. The molecule has 2 rings (SSSR count). The van der Waals surface area contributed by atoms with Crippen LogP contribution in [-0.2, 0) is 10.4 Å². The Balaban J connectivity index is 2.55. The Kier molecular flexibility index (Phi) is 3.70. The van der Waals surface area contributed by atoms with Gasteiger partial charge in [0.1, 0.15) is 11.9 Å². The summed E-state index contributed by atoms with van der Waals surface area (Å²) in [6, 6.07) is 18.6. The highest BCUT2D eigenvalue weighted by atomic mass is 16.3. The third-order valence-electron chi connectivity index (χ3n) is 2.84. The second kappa shape index (κ2) is 5.43. The summed E-state index contributed by atoms with van der Waals surface area (Å²) in [5.41, 5.74) is 0.187. The molecule has 18 heavy (non-hydrogen) atoms. The number of carbonyl (C=O) groups is 1. The summed E-state index contributed by atoms with van der Waals surface area (Å²) in [7, 11) is 0. The first-order chi connectivity index (χ1) is 8.77. The molecule has 2 aromatic rings. The van der Waals surface area contributed by atoms with Crippen molar-refractivity contribution in [1.82, 2.24) is 0 Å². The molecule has 0 saturated heterocycles. The Morgan fingerprint density at radius 3 is 1.67 bits per heavy atom. The van der Waals surface area contributed by atoms with E-state index < -0.39 is 5.60 Å². The smallest absolute Gasteiger partial charge is 0.142 e. The normalized spacial score (nSPS) is 11.6. The van der Waals surface area contributed by atoms with Crippen LogP contribution in [0, 0.1) is 0 Å². The Bertz CT molecular complexity index is 490. The summed E-state index contributed by atoms with van der Waals surface area (Å²) < 4.78 is 0. The van der Waals surface area contributed by atoms with Gasteiger partial charge in [-0.3, -0.25) is 4.79 Å². The van der Waals surface area contributed by atoms with Gasteiger partial charge in [0.2, 0.25) is 0 Å². The highest BCUT2D eigenvalue weighted by molar-refractivity contribution is 5.65.